The van der Waals surface area contributed by atoms with Gasteiger partial charge in [0.25, 0.3) is 0 Å². The molecule has 0 aliphatic rings. The second kappa shape index (κ2) is 9.22. The summed E-state index contributed by atoms with van der Waals surface area (Å²) in [5.41, 5.74) is -0.0576. The number of carbonyl (C=O) groups is 2. The maximum Gasteiger partial charge on any atom is 1.00 e. The average Bonchev–Trinajstić information content (AvgIpc) is 2.38. The minimum atomic E-state index is -1.16. The average molecular weight is 402 g/mol. The fourth-order valence-corrected chi connectivity index (χ4v) is 1.69. The van der Waals surface area contributed by atoms with Gasteiger partial charge in [0.15, 0.2) is 0 Å². The van der Waals surface area contributed by atoms with Gasteiger partial charge in [0.05, 0.1) is 14.2 Å². The maximum atomic E-state index is 11.4. The van der Waals surface area contributed by atoms with Crippen LogP contribution in [0.1, 0.15) is 11.8 Å². The van der Waals surface area contributed by atoms with Crippen LogP contribution in [0.4, 0.5) is 0 Å². The van der Waals surface area contributed by atoms with Crippen molar-refractivity contribution in [3.05, 3.63) is 39.4 Å². The molecule has 1 aromatic carbocycles. The number of ether oxygens (including phenoxy) is 3. The molecule has 1 aromatic rings. The molecule has 0 spiro atoms. The summed E-state index contributed by atoms with van der Waals surface area (Å²) in [6.45, 7) is 0. The van der Waals surface area contributed by atoms with Gasteiger partial charge in [-0.1, -0.05) is 0 Å². The van der Waals surface area contributed by atoms with Crippen molar-refractivity contribution >= 4 is 34.5 Å². The number of carboxylic acids is 1. The summed E-state index contributed by atoms with van der Waals surface area (Å²) in [6, 6.07) is 4.54. The molecule has 0 heterocycles. The molecule has 0 unspecified atom stereocenters. The molecule has 1 rings (SSSR count). The van der Waals surface area contributed by atoms with Crippen LogP contribution < -0.4 is 34.3 Å². The molecule has 0 bridgehead atoms. The topological polar surface area (TPSA) is 82.1 Å². The van der Waals surface area contributed by atoms with Crippen LogP contribution in [0, 0.1) is 3.57 Å². The molecule has 0 aliphatic carbocycles. The summed E-state index contributed by atoms with van der Waals surface area (Å²) in [5.74, 6) is -2.14. The van der Waals surface area contributed by atoms with E-state index in [2.05, 4.69) is 9.47 Å². The van der Waals surface area contributed by atoms with E-state index >= 15 is 0 Å². The maximum absolute atomic E-state index is 11.4. The molecule has 104 valence electrons. The quantitative estimate of drug-likeness (QED) is 0.227. The van der Waals surface area contributed by atoms with E-state index in [-0.39, 0.29) is 48.1 Å². The molecular weight excluding hydrogens is 390 g/mol. The van der Waals surface area contributed by atoms with Gasteiger partial charge in [-0.25, -0.2) is 9.59 Å². The zero-order valence-electron chi connectivity index (χ0n) is 12.2. The van der Waals surface area contributed by atoms with Gasteiger partial charge in [-0.3, -0.25) is 0 Å². The Labute approximate surface area is 153 Å². The Kier molecular flexibility index (Phi) is 8.86. The van der Waals surface area contributed by atoms with Crippen LogP contribution in [0.2, 0.25) is 0 Å². The largest absolute Gasteiger partial charge is 1.00 e. The number of hydrogen-bond acceptors (Lipinski definition) is 5. The number of aromatic carboxylic acids is 1. The van der Waals surface area contributed by atoms with E-state index in [0.717, 1.165) is 9.83 Å². The molecule has 0 aromatic heterocycles. The van der Waals surface area contributed by atoms with Crippen LogP contribution in [-0.4, -0.2) is 31.3 Å². The number of benzene rings is 1. The van der Waals surface area contributed by atoms with Gasteiger partial charge in [0, 0.05) is 3.57 Å². The van der Waals surface area contributed by atoms with E-state index < -0.39 is 11.9 Å². The number of rotatable bonds is 5. The van der Waals surface area contributed by atoms with E-state index in [1.807, 2.05) is 22.6 Å². The van der Waals surface area contributed by atoms with E-state index in [4.69, 9.17) is 9.84 Å². The smallest absolute Gasteiger partial charge is 1.00 e. The van der Waals surface area contributed by atoms with Crippen molar-refractivity contribution < 1.29 is 59.9 Å². The summed E-state index contributed by atoms with van der Waals surface area (Å²) < 4.78 is 15.2. The molecule has 0 saturated heterocycles. The van der Waals surface area contributed by atoms with Crippen LogP contribution in [-0.2, 0) is 14.3 Å². The Bertz CT molecular complexity index is 534. The monoisotopic (exact) mass is 402 g/mol. The zero-order valence-corrected chi connectivity index (χ0v) is 15.3. The molecule has 8 heteroatoms. The molecule has 0 fully saturated rings. The van der Waals surface area contributed by atoms with Gasteiger partial charge >= 0.3 is 41.5 Å². The number of esters is 1. The predicted octanol–water partition coefficient (Wildman–Crippen LogP) is -0.854. The third-order valence-electron chi connectivity index (χ3n) is 2.00. The number of methoxy groups -OCH3 is 2. The minimum absolute atomic E-state index is 0. The van der Waals surface area contributed by atoms with E-state index in [1.54, 1.807) is 6.07 Å². The molecule has 20 heavy (non-hydrogen) atoms. The van der Waals surface area contributed by atoms with Crippen molar-refractivity contribution in [3.8, 4) is 5.75 Å². The van der Waals surface area contributed by atoms with Gasteiger partial charge in [0.1, 0.15) is 17.6 Å². The zero-order chi connectivity index (χ0) is 14.4. The van der Waals surface area contributed by atoms with Crippen molar-refractivity contribution in [3.63, 3.8) is 0 Å². The third-order valence-corrected chi connectivity index (χ3v) is 2.67. The Morgan fingerprint density at radius 3 is 2.50 bits per heavy atom. The standard InChI is InChI=1S/C12H11IO6.Na.H/c1-17-6-10(12(16)18-2)19-9-4-3-7(13)5-8(9)11(14)15;;/h3-6H,1-2H3,(H,14,15);;/q;+1;-1/b10-6+;;. The van der Waals surface area contributed by atoms with Crippen molar-refractivity contribution in [2.24, 2.45) is 0 Å². The van der Waals surface area contributed by atoms with E-state index in [1.165, 1.54) is 26.4 Å². The number of hydrogen-bond donors (Lipinski definition) is 1. The first kappa shape index (κ1) is 19.2. The molecule has 1 N–H and O–H groups in total. The first-order valence-corrected chi connectivity index (χ1v) is 6.09. The van der Waals surface area contributed by atoms with Gasteiger partial charge in [0.2, 0.25) is 5.76 Å². The van der Waals surface area contributed by atoms with E-state index in [0.29, 0.717) is 0 Å². The predicted molar refractivity (Wildman–Crippen MR) is 75.0 cm³/mol. The SMILES string of the molecule is CO/C=C(/Oc1ccc(I)cc1C(=O)O)C(=O)OC.[H-].[Na+]. The van der Waals surface area contributed by atoms with Crippen molar-refractivity contribution in [2.75, 3.05) is 14.2 Å². The van der Waals surface area contributed by atoms with Crippen molar-refractivity contribution in [1.82, 2.24) is 0 Å². The Balaban J connectivity index is 0. The van der Waals surface area contributed by atoms with Gasteiger partial charge in [-0.05, 0) is 40.8 Å². The van der Waals surface area contributed by atoms with Crippen LogP contribution in [0.15, 0.2) is 30.2 Å². The summed E-state index contributed by atoms with van der Waals surface area (Å²) in [6.07, 6.45) is 1.04. The van der Waals surface area contributed by atoms with Gasteiger partial charge < -0.3 is 20.7 Å². The summed E-state index contributed by atoms with van der Waals surface area (Å²) in [4.78, 5) is 22.5. The van der Waals surface area contributed by atoms with Crippen LogP contribution in [0.3, 0.4) is 0 Å². The van der Waals surface area contributed by atoms with E-state index in [9.17, 15) is 9.59 Å². The molecule has 0 amide bonds. The fraction of sp³-hybridized carbons (Fsp3) is 0.167. The van der Waals surface area contributed by atoms with Crippen LogP contribution in [0.5, 0.6) is 5.75 Å². The molecule has 0 atom stereocenters. The van der Waals surface area contributed by atoms with Gasteiger partial charge in [-0.2, -0.15) is 0 Å². The minimum Gasteiger partial charge on any atom is -1.00 e. The third kappa shape index (κ3) is 5.31. The molecule has 0 radical (unpaired) electrons. The molecule has 0 aliphatic heterocycles. The normalized spacial score (nSPS) is 10.2. The number of carboxylic acid groups (broad SMARTS) is 1. The van der Waals surface area contributed by atoms with Crippen LogP contribution in [0.25, 0.3) is 0 Å². The summed E-state index contributed by atoms with van der Waals surface area (Å²) in [5, 5.41) is 9.08. The first-order valence-electron chi connectivity index (χ1n) is 5.01. The second-order valence-electron chi connectivity index (χ2n) is 3.26. The summed E-state index contributed by atoms with van der Waals surface area (Å²) in [7, 11) is 2.51. The summed E-state index contributed by atoms with van der Waals surface area (Å²) >= 11 is 1.98. The molecule has 6 nitrogen and oxygen atoms in total. The first-order chi connectivity index (χ1) is 8.99. The van der Waals surface area contributed by atoms with Crippen LogP contribution >= 0.6 is 22.6 Å². The van der Waals surface area contributed by atoms with Gasteiger partial charge in [-0.15, -0.1) is 0 Å². The molecular formula is C12H12INaO6. The Morgan fingerprint density at radius 2 is 2.00 bits per heavy atom. The van der Waals surface area contributed by atoms with Crippen molar-refractivity contribution in [1.29, 1.82) is 0 Å². The van der Waals surface area contributed by atoms with Crippen molar-refractivity contribution in [2.45, 2.75) is 0 Å². The number of carbonyl (C=O) groups excluding carboxylic acids is 1. The fourth-order valence-electron chi connectivity index (χ4n) is 1.20. The molecule has 0 saturated carbocycles. The number of halogens is 1. The second-order valence-corrected chi connectivity index (χ2v) is 4.50. The Morgan fingerprint density at radius 1 is 1.35 bits per heavy atom. The Hall–Kier alpha value is -0.770.